The third kappa shape index (κ3) is 2.24. The Labute approximate surface area is 95.8 Å². The van der Waals surface area contributed by atoms with Gasteiger partial charge in [-0.25, -0.2) is 0 Å². The topological polar surface area (TPSA) is 32.3 Å². The van der Waals surface area contributed by atoms with Crippen LogP contribution in [-0.4, -0.2) is 19.0 Å². The van der Waals surface area contributed by atoms with Crippen molar-refractivity contribution in [2.45, 2.75) is 12.8 Å². The minimum atomic E-state index is -0.161. The number of amides is 1. The van der Waals surface area contributed by atoms with Gasteiger partial charge >= 0.3 is 0 Å². The summed E-state index contributed by atoms with van der Waals surface area (Å²) in [6.45, 7) is 5.60. The quantitative estimate of drug-likeness (QED) is 0.787. The van der Waals surface area contributed by atoms with Gasteiger partial charge in [0.15, 0.2) is 0 Å². The predicted molar refractivity (Wildman–Crippen MR) is 66.7 cm³/mol. The Morgan fingerprint density at radius 1 is 1.31 bits per heavy atom. The van der Waals surface area contributed by atoms with Gasteiger partial charge in [0.05, 0.1) is 11.4 Å². The van der Waals surface area contributed by atoms with Gasteiger partial charge in [0, 0.05) is 13.1 Å². The molecule has 0 radical (unpaired) electrons. The molecule has 0 bridgehead atoms. The van der Waals surface area contributed by atoms with Crippen molar-refractivity contribution in [2.24, 2.45) is 0 Å². The molecule has 0 spiro atoms. The molecule has 1 saturated heterocycles. The number of nitrogens with one attached hydrogen (secondary N) is 1. The van der Waals surface area contributed by atoms with Crippen molar-refractivity contribution in [3.8, 4) is 0 Å². The SMILES string of the molecule is C=CC(=O)Nc1ccccc1N1CCCC1. The van der Waals surface area contributed by atoms with E-state index >= 15 is 0 Å². The van der Waals surface area contributed by atoms with E-state index in [4.69, 9.17) is 0 Å². The maximum atomic E-state index is 11.3. The Hall–Kier alpha value is -1.77. The highest BCUT2D eigenvalue weighted by atomic mass is 16.1. The lowest BCUT2D eigenvalue weighted by Crippen LogP contribution is -2.20. The fourth-order valence-electron chi connectivity index (χ4n) is 2.00. The maximum Gasteiger partial charge on any atom is 0.247 e. The molecular formula is C13H16N2O. The Bertz CT molecular complexity index is 395. The van der Waals surface area contributed by atoms with Gasteiger partial charge < -0.3 is 10.2 Å². The fourth-order valence-corrected chi connectivity index (χ4v) is 2.00. The number of hydrogen-bond donors (Lipinski definition) is 1. The van der Waals surface area contributed by atoms with E-state index < -0.39 is 0 Å². The molecule has 0 aliphatic carbocycles. The molecule has 1 heterocycles. The summed E-state index contributed by atoms with van der Waals surface area (Å²) >= 11 is 0. The minimum absolute atomic E-state index is 0.161. The minimum Gasteiger partial charge on any atom is -0.370 e. The summed E-state index contributed by atoms with van der Waals surface area (Å²) in [6, 6.07) is 7.90. The molecule has 0 atom stereocenters. The Kier molecular flexibility index (Phi) is 3.25. The fraction of sp³-hybridized carbons (Fsp3) is 0.308. The molecule has 0 saturated carbocycles. The van der Waals surface area contributed by atoms with E-state index in [9.17, 15) is 4.79 Å². The molecule has 3 heteroatoms. The number of carbonyl (C=O) groups excluding carboxylic acids is 1. The van der Waals surface area contributed by atoms with Gasteiger partial charge in [-0.2, -0.15) is 0 Å². The highest BCUT2D eigenvalue weighted by Gasteiger charge is 2.15. The van der Waals surface area contributed by atoms with Crippen LogP contribution in [0.15, 0.2) is 36.9 Å². The summed E-state index contributed by atoms with van der Waals surface area (Å²) in [5.74, 6) is -0.161. The van der Waals surface area contributed by atoms with Gasteiger partial charge in [-0.3, -0.25) is 4.79 Å². The van der Waals surface area contributed by atoms with Crippen LogP contribution in [0.1, 0.15) is 12.8 Å². The van der Waals surface area contributed by atoms with E-state index in [1.54, 1.807) is 0 Å². The monoisotopic (exact) mass is 216 g/mol. The van der Waals surface area contributed by atoms with E-state index in [1.807, 2.05) is 24.3 Å². The lowest BCUT2D eigenvalue weighted by Gasteiger charge is -2.21. The molecule has 1 N–H and O–H groups in total. The van der Waals surface area contributed by atoms with Crippen LogP contribution in [-0.2, 0) is 4.79 Å². The van der Waals surface area contributed by atoms with Crippen molar-refractivity contribution in [3.63, 3.8) is 0 Å². The zero-order valence-electron chi connectivity index (χ0n) is 9.28. The van der Waals surface area contributed by atoms with Crippen LogP contribution in [0, 0.1) is 0 Å². The third-order valence-corrected chi connectivity index (χ3v) is 2.79. The number of hydrogen-bond acceptors (Lipinski definition) is 2. The number of carbonyl (C=O) groups is 1. The van der Waals surface area contributed by atoms with Gasteiger partial charge in [-0.15, -0.1) is 0 Å². The average molecular weight is 216 g/mol. The first-order valence-electron chi connectivity index (χ1n) is 5.58. The summed E-state index contributed by atoms with van der Waals surface area (Å²) in [7, 11) is 0. The second-order valence-electron chi connectivity index (χ2n) is 3.90. The molecule has 84 valence electrons. The third-order valence-electron chi connectivity index (χ3n) is 2.79. The van der Waals surface area contributed by atoms with E-state index in [0.717, 1.165) is 24.5 Å². The van der Waals surface area contributed by atoms with Gasteiger partial charge in [0.25, 0.3) is 0 Å². The lowest BCUT2D eigenvalue weighted by atomic mass is 10.2. The molecule has 1 amide bonds. The predicted octanol–water partition coefficient (Wildman–Crippen LogP) is 2.41. The number of para-hydroxylation sites is 2. The summed E-state index contributed by atoms with van der Waals surface area (Å²) in [5.41, 5.74) is 1.98. The summed E-state index contributed by atoms with van der Waals surface area (Å²) in [4.78, 5) is 13.6. The number of anilines is 2. The smallest absolute Gasteiger partial charge is 0.247 e. The molecule has 1 aliphatic heterocycles. The summed E-state index contributed by atoms with van der Waals surface area (Å²) in [5, 5.41) is 2.84. The van der Waals surface area contributed by atoms with Crippen molar-refractivity contribution in [1.29, 1.82) is 0 Å². The van der Waals surface area contributed by atoms with Crippen LogP contribution in [0.5, 0.6) is 0 Å². The molecule has 0 unspecified atom stereocenters. The van der Waals surface area contributed by atoms with Crippen molar-refractivity contribution in [1.82, 2.24) is 0 Å². The van der Waals surface area contributed by atoms with Crippen molar-refractivity contribution < 1.29 is 4.79 Å². The number of rotatable bonds is 3. The first-order valence-corrected chi connectivity index (χ1v) is 5.58. The maximum absolute atomic E-state index is 11.3. The molecule has 1 aromatic carbocycles. The Balaban J connectivity index is 2.22. The zero-order valence-corrected chi connectivity index (χ0v) is 9.28. The van der Waals surface area contributed by atoms with Crippen LogP contribution in [0.25, 0.3) is 0 Å². The van der Waals surface area contributed by atoms with E-state index in [1.165, 1.54) is 18.9 Å². The molecule has 0 aromatic heterocycles. The molecule has 2 rings (SSSR count). The summed E-state index contributed by atoms with van der Waals surface area (Å²) in [6.07, 6.45) is 3.74. The van der Waals surface area contributed by atoms with Gasteiger partial charge in [0.1, 0.15) is 0 Å². The van der Waals surface area contributed by atoms with E-state index in [2.05, 4.69) is 16.8 Å². The molecule has 1 aliphatic rings. The average Bonchev–Trinajstić information content (AvgIpc) is 2.83. The van der Waals surface area contributed by atoms with Crippen LogP contribution in [0.4, 0.5) is 11.4 Å². The van der Waals surface area contributed by atoms with Crippen molar-refractivity contribution in [3.05, 3.63) is 36.9 Å². The van der Waals surface area contributed by atoms with Crippen LogP contribution < -0.4 is 10.2 Å². The van der Waals surface area contributed by atoms with Crippen molar-refractivity contribution >= 4 is 17.3 Å². The first kappa shape index (κ1) is 10.7. The van der Waals surface area contributed by atoms with E-state index in [-0.39, 0.29) is 5.91 Å². The molecule has 16 heavy (non-hydrogen) atoms. The Morgan fingerprint density at radius 2 is 2.00 bits per heavy atom. The van der Waals surface area contributed by atoms with E-state index in [0.29, 0.717) is 0 Å². The molecular weight excluding hydrogens is 200 g/mol. The second kappa shape index (κ2) is 4.84. The van der Waals surface area contributed by atoms with Crippen LogP contribution in [0.2, 0.25) is 0 Å². The molecule has 1 aromatic rings. The van der Waals surface area contributed by atoms with Gasteiger partial charge in [-0.05, 0) is 31.1 Å². The Morgan fingerprint density at radius 3 is 2.69 bits per heavy atom. The van der Waals surface area contributed by atoms with Crippen LogP contribution >= 0.6 is 0 Å². The first-order chi connectivity index (χ1) is 7.81. The van der Waals surface area contributed by atoms with Crippen LogP contribution in [0.3, 0.4) is 0 Å². The normalized spacial score (nSPS) is 14.9. The lowest BCUT2D eigenvalue weighted by molar-refractivity contribution is -0.111. The molecule has 3 nitrogen and oxygen atoms in total. The largest absolute Gasteiger partial charge is 0.370 e. The standard InChI is InChI=1S/C13H16N2O/c1-2-13(16)14-11-7-3-4-8-12(11)15-9-5-6-10-15/h2-4,7-8H,1,5-6,9-10H2,(H,14,16). The van der Waals surface area contributed by atoms with Gasteiger partial charge in [0.2, 0.25) is 5.91 Å². The second-order valence-corrected chi connectivity index (χ2v) is 3.90. The summed E-state index contributed by atoms with van der Waals surface area (Å²) < 4.78 is 0. The molecule has 1 fully saturated rings. The number of benzene rings is 1. The van der Waals surface area contributed by atoms with Gasteiger partial charge in [-0.1, -0.05) is 18.7 Å². The number of nitrogens with zero attached hydrogens (tertiary/aromatic N) is 1. The zero-order chi connectivity index (χ0) is 11.4. The highest BCUT2D eigenvalue weighted by Crippen LogP contribution is 2.28. The van der Waals surface area contributed by atoms with Crippen molar-refractivity contribution in [2.75, 3.05) is 23.3 Å². The highest BCUT2D eigenvalue weighted by molar-refractivity contribution is 6.01.